The average molecular weight is 246 g/mol. The zero-order valence-corrected chi connectivity index (χ0v) is 11.0. The van der Waals surface area contributed by atoms with E-state index in [4.69, 9.17) is 5.26 Å². The van der Waals surface area contributed by atoms with E-state index in [1.54, 1.807) is 0 Å². The van der Waals surface area contributed by atoms with Gasteiger partial charge in [-0.1, -0.05) is 6.07 Å². The van der Waals surface area contributed by atoms with Gasteiger partial charge >= 0.3 is 0 Å². The molecule has 2 rings (SSSR count). The fourth-order valence-electron chi connectivity index (χ4n) is 2.14. The van der Waals surface area contributed by atoms with Crippen LogP contribution in [0, 0.1) is 18.3 Å². The lowest BCUT2D eigenvalue weighted by Crippen LogP contribution is -2.23. The summed E-state index contributed by atoms with van der Waals surface area (Å²) in [4.78, 5) is 0. The van der Waals surface area contributed by atoms with Crippen LogP contribution < -0.4 is 5.32 Å². The molecule has 1 atom stereocenters. The van der Waals surface area contributed by atoms with E-state index in [1.807, 2.05) is 12.1 Å². The molecule has 0 aromatic heterocycles. The molecule has 2 nitrogen and oxygen atoms in total. The number of aryl methyl sites for hydroxylation is 1. The van der Waals surface area contributed by atoms with Crippen molar-refractivity contribution < 1.29 is 0 Å². The maximum absolute atomic E-state index is 8.80. The lowest BCUT2D eigenvalue weighted by Gasteiger charge is -2.11. The van der Waals surface area contributed by atoms with Gasteiger partial charge in [0, 0.05) is 18.3 Å². The molecule has 0 spiro atoms. The van der Waals surface area contributed by atoms with Gasteiger partial charge < -0.3 is 5.32 Å². The summed E-state index contributed by atoms with van der Waals surface area (Å²) >= 11 is 2.08. The standard InChI is InChI=1S/C14H18N2S/c1-11-7-12(8-15)4-5-13(11)9-16-10-14-3-2-6-17-14/h4-5,7,14,16H,2-3,6,9-10H2,1H3. The maximum atomic E-state index is 8.80. The first-order chi connectivity index (χ1) is 8.29. The Morgan fingerprint density at radius 1 is 1.53 bits per heavy atom. The quantitative estimate of drug-likeness (QED) is 0.887. The molecular weight excluding hydrogens is 228 g/mol. The van der Waals surface area contributed by atoms with Gasteiger partial charge in [0.15, 0.2) is 0 Å². The summed E-state index contributed by atoms with van der Waals surface area (Å²) in [7, 11) is 0. The second-order valence-electron chi connectivity index (χ2n) is 4.52. The fourth-order valence-corrected chi connectivity index (χ4v) is 3.37. The van der Waals surface area contributed by atoms with E-state index in [2.05, 4.69) is 36.1 Å². The first kappa shape index (κ1) is 12.5. The van der Waals surface area contributed by atoms with Gasteiger partial charge in [0.2, 0.25) is 0 Å². The van der Waals surface area contributed by atoms with Crippen molar-refractivity contribution in [3.63, 3.8) is 0 Å². The lowest BCUT2D eigenvalue weighted by atomic mass is 10.1. The topological polar surface area (TPSA) is 35.8 Å². The van der Waals surface area contributed by atoms with Crippen LogP contribution in [0.25, 0.3) is 0 Å². The van der Waals surface area contributed by atoms with Gasteiger partial charge in [0.25, 0.3) is 0 Å². The summed E-state index contributed by atoms with van der Waals surface area (Å²) in [6, 6.07) is 8.09. The summed E-state index contributed by atoms with van der Waals surface area (Å²) in [5.74, 6) is 1.32. The highest BCUT2D eigenvalue weighted by Crippen LogP contribution is 2.25. The van der Waals surface area contributed by atoms with Crippen molar-refractivity contribution in [2.75, 3.05) is 12.3 Å². The van der Waals surface area contributed by atoms with Crippen LogP contribution in [0.3, 0.4) is 0 Å². The Morgan fingerprint density at radius 2 is 2.41 bits per heavy atom. The normalized spacial score (nSPS) is 19.2. The second kappa shape index (κ2) is 6.09. The Balaban J connectivity index is 1.84. The highest BCUT2D eigenvalue weighted by Gasteiger charge is 2.14. The number of thioether (sulfide) groups is 1. The van der Waals surface area contributed by atoms with Crippen LogP contribution in [-0.2, 0) is 6.54 Å². The van der Waals surface area contributed by atoms with E-state index in [0.717, 1.165) is 23.9 Å². The minimum absolute atomic E-state index is 0.748. The molecule has 0 radical (unpaired) electrons. The number of benzene rings is 1. The second-order valence-corrected chi connectivity index (χ2v) is 5.93. The van der Waals surface area contributed by atoms with Crippen LogP contribution in [-0.4, -0.2) is 17.5 Å². The molecule has 0 saturated carbocycles. The smallest absolute Gasteiger partial charge is 0.0991 e. The monoisotopic (exact) mass is 246 g/mol. The van der Waals surface area contributed by atoms with Gasteiger partial charge in [-0.2, -0.15) is 17.0 Å². The van der Waals surface area contributed by atoms with Gasteiger partial charge in [-0.3, -0.25) is 0 Å². The minimum atomic E-state index is 0.748. The predicted molar refractivity (Wildman–Crippen MR) is 73.1 cm³/mol. The van der Waals surface area contributed by atoms with Gasteiger partial charge in [-0.05, 0) is 48.8 Å². The van der Waals surface area contributed by atoms with E-state index in [1.165, 1.54) is 29.7 Å². The van der Waals surface area contributed by atoms with E-state index in [-0.39, 0.29) is 0 Å². The first-order valence-corrected chi connectivity index (χ1v) is 7.16. The molecule has 90 valence electrons. The van der Waals surface area contributed by atoms with Crippen LogP contribution in [0.5, 0.6) is 0 Å². The molecule has 1 fully saturated rings. The van der Waals surface area contributed by atoms with Crippen molar-refractivity contribution in [2.24, 2.45) is 0 Å². The molecule has 17 heavy (non-hydrogen) atoms. The van der Waals surface area contributed by atoms with E-state index >= 15 is 0 Å². The Morgan fingerprint density at radius 3 is 3.06 bits per heavy atom. The van der Waals surface area contributed by atoms with Crippen LogP contribution in [0.4, 0.5) is 0 Å². The fraction of sp³-hybridized carbons (Fsp3) is 0.500. The molecular formula is C14H18N2S. The van der Waals surface area contributed by atoms with E-state index in [0.29, 0.717) is 0 Å². The van der Waals surface area contributed by atoms with Crippen molar-refractivity contribution in [3.8, 4) is 6.07 Å². The van der Waals surface area contributed by atoms with E-state index in [9.17, 15) is 0 Å². The van der Waals surface area contributed by atoms with Crippen molar-refractivity contribution in [3.05, 3.63) is 34.9 Å². The Kier molecular flexibility index (Phi) is 4.47. The third kappa shape index (κ3) is 3.49. The molecule has 0 bridgehead atoms. The van der Waals surface area contributed by atoms with Gasteiger partial charge in [0.05, 0.1) is 11.6 Å². The van der Waals surface area contributed by atoms with Crippen molar-refractivity contribution >= 4 is 11.8 Å². The Labute approximate surface area is 107 Å². The summed E-state index contributed by atoms with van der Waals surface area (Å²) in [5, 5.41) is 13.1. The van der Waals surface area contributed by atoms with Crippen LogP contribution in [0.1, 0.15) is 29.5 Å². The number of nitrogens with one attached hydrogen (secondary N) is 1. The van der Waals surface area contributed by atoms with Crippen LogP contribution >= 0.6 is 11.8 Å². The molecule has 3 heteroatoms. The number of hydrogen-bond acceptors (Lipinski definition) is 3. The van der Waals surface area contributed by atoms with Gasteiger partial charge in [0.1, 0.15) is 0 Å². The molecule has 1 heterocycles. The third-order valence-corrected chi connectivity index (χ3v) is 4.58. The van der Waals surface area contributed by atoms with Gasteiger partial charge in [-0.15, -0.1) is 0 Å². The zero-order chi connectivity index (χ0) is 12.1. The average Bonchev–Trinajstić information content (AvgIpc) is 2.84. The molecule has 1 saturated heterocycles. The van der Waals surface area contributed by atoms with Crippen molar-refractivity contribution in [2.45, 2.75) is 31.6 Å². The minimum Gasteiger partial charge on any atom is -0.312 e. The van der Waals surface area contributed by atoms with Crippen LogP contribution in [0.15, 0.2) is 18.2 Å². The number of rotatable bonds is 4. The van der Waals surface area contributed by atoms with Crippen molar-refractivity contribution in [1.82, 2.24) is 5.32 Å². The number of nitrogens with zero attached hydrogens (tertiary/aromatic N) is 1. The lowest BCUT2D eigenvalue weighted by molar-refractivity contribution is 0.644. The Bertz CT molecular complexity index is 417. The highest BCUT2D eigenvalue weighted by molar-refractivity contribution is 8.00. The molecule has 0 aliphatic carbocycles. The molecule has 1 aliphatic rings. The summed E-state index contributed by atoms with van der Waals surface area (Å²) in [5.41, 5.74) is 3.25. The number of hydrogen-bond donors (Lipinski definition) is 1. The summed E-state index contributed by atoms with van der Waals surface area (Å²) in [6.07, 6.45) is 2.72. The van der Waals surface area contributed by atoms with Crippen LogP contribution in [0.2, 0.25) is 0 Å². The summed E-state index contributed by atoms with van der Waals surface area (Å²) < 4.78 is 0. The molecule has 1 N–H and O–H groups in total. The Hall–Kier alpha value is -0.980. The predicted octanol–water partition coefficient (Wildman–Crippen LogP) is 2.85. The SMILES string of the molecule is Cc1cc(C#N)ccc1CNCC1CCCS1. The number of nitriles is 1. The zero-order valence-electron chi connectivity index (χ0n) is 10.2. The maximum Gasteiger partial charge on any atom is 0.0991 e. The molecule has 1 aliphatic heterocycles. The molecule has 1 aromatic carbocycles. The van der Waals surface area contributed by atoms with Gasteiger partial charge in [-0.25, -0.2) is 0 Å². The molecule has 1 unspecified atom stereocenters. The summed E-state index contributed by atoms with van der Waals surface area (Å²) in [6.45, 7) is 4.08. The van der Waals surface area contributed by atoms with E-state index < -0.39 is 0 Å². The first-order valence-electron chi connectivity index (χ1n) is 6.11. The third-order valence-electron chi connectivity index (χ3n) is 3.18. The molecule has 1 aromatic rings. The molecule has 0 amide bonds. The van der Waals surface area contributed by atoms with Crippen molar-refractivity contribution in [1.29, 1.82) is 5.26 Å². The highest BCUT2D eigenvalue weighted by atomic mass is 32.2. The largest absolute Gasteiger partial charge is 0.312 e.